The lowest BCUT2D eigenvalue weighted by molar-refractivity contribution is -0.687. The Morgan fingerprint density at radius 1 is 1.60 bits per heavy atom. The van der Waals surface area contributed by atoms with Crippen LogP contribution in [0.15, 0.2) is 0 Å². The van der Waals surface area contributed by atoms with Gasteiger partial charge in [0.25, 0.3) is 6.19 Å². The van der Waals surface area contributed by atoms with E-state index in [1.54, 1.807) is 0 Å². The van der Waals surface area contributed by atoms with Crippen LogP contribution in [0, 0.1) is 21.6 Å². The van der Waals surface area contributed by atoms with Gasteiger partial charge in [-0.05, 0) is 0 Å². The SMILES string of the molecule is N#CN([N+](=O)[O-])C(F)(F)F. The third-order valence-corrected chi connectivity index (χ3v) is 0.498. The minimum absolute atomic E-state index is 0.351. The molecule has 0 aliphatic heterocycles. The molecule has 0 aromatic carbocycles. The van der Waals surface area contributed by atoms with Gasteiger partial charge in [-0.25, -0.2) is 10.1 Å². The Hall–Kier alpha value is -1.52. The Morgan fingerprint density at radius 2 is 2.00 bits per heavy atom. The van der Waals surface area contributed by atoms with Crippen molar-refractivity contribution in [1.82, 2.24) is 5.01 Å². The lowest BCUT2D eigenvalue weighted by Gasteiger charge is -2.06. The molecule has 0 fully saturated rings. The fraction of sp³-hybridized carbons (Fsp3) is 0.500. The molecule has 0 saturated carbocycles. The molecule has 0 N–H and O–H groups in total. The first-order chi connectivity index (χ1) is 4.39. The van der Waals surface area contributed by atoms with E-state index in [2.05, 4.69) is 0 Å². The maximum Gasteiger partial charge on any atom is 0.551 e. The second kappa shape index (κ2) is 2.38. The van der Waals surface area contributed by atoms with Crippen LogP contribution in [0.25, 0.3) is 0 Å². The van der Waals surface area contributed by atoms with Crippen molar-refractivity contribution in [2.45, 2.75) is 6.30 Å². The summed E-state index contributed by atoms with van der Waals surface area (Å²) in [5.41, 5.74) is 0. The largest absolute Gasteiger partial charge is 0.551 e. The molecular formula is C2F3N3O2. The van der Waals surface area contributed by atoms with Crippen LogP contribution < -0.4 is 0 Å². The highest BCUT2D eigenvalue weighted by Crippen LogP contribution is 2.19. The van der Waals surface area contributed by atoms with E-state index in [0.29, 0.717) is 6.19 Å². The lowest BCUT2D eigenvalue weighted by Crippen LogP contribution is -2.38. The molecular weight excluding hydrogens is 155 g/mol. The number of rotatable bonds is 1. The van der Waals surface area contributed by atoms with Crippen LogP contribution in [-0.4, -0.2) is 16.3 Å². The van der Waals surface area contributed by atoms with Gasteiger partial charge in [0, 0.05) is 0 Å². The van der Waals surface area contributed by atoms with Crippen molar-refractivity contribution in [3.63, 3.8) is 0 Å². The second-order valence-corrected chi connectivity index (χ2v) is 1.12. The molecule has 0 radical (unpaired) electrons. The van der Waals surface area contributed by atoms with Gasteiger partial charge in [0.15, 0.2) is 5.03 Å². The molecule has 56 valence electrons. The fourth-order valence-corrected chi connectivity index (χ4v) is 0.186. The van der Waals surface area contributed by atoms with Crippen molar-refractivity contribution in [3.05, 3.63) is 10.1 Å². The van der Waals surface area contributed by atoms with Crippen molar-refractivity contribution in [1.29, 1.82) is 5.26 Å². The highest BCUT2D eigenvalue weighted by atomic mass is 19.4. The number of hydrogen-bond donors (Lipinski definition) is 0. The quantitative estimate of drug-likeness (QED) is 0.181. The minimum atomic E-state index is -5.24. The van der Waals surface area contributed by atoms with Gasteiger partial charge >= 0.3 is 6.30 Å². The molecule has 0 aliphatic rings. The zero-order chi connectivity index (χ0) is 8.36. The molecule has 0 atom stereocenters. The maximum atomic E-state index is 11.2. The van der Waals surface area contributed by atoms with Gasteiger partial charge in [-0.15, -0.1) is 13.2 Å². The van der Waals surface area contributed by atoms with Crippen LogP contribution in [0.2, 0.25) is 0 Å². The molecule has 0 amide bonds. The van der Waals surface area contributed by atoms with Crippen molar-refractivity contribution < 1.29 is 18.2 Å². The van der Waals surface area contributed by atoms with Crippen LogP contribution in [0.1, 0.15) is 0 Å². The van der Waals surface area contributed by atoms with E-state index < -0.39 is 16.3 Å². The van der Waals surface area contributed by atoms with E-state index >= 15 is 0 Å². The molecule has 0 spiro atoms. The van der Waals surface area contributed by atoms with E-state index in [1.807, 2.05) is 0 Å². The first-order valence-corrected chi connectivity index (χ1v) is 1.80. The third-order valence-electron chi connectivity index (χ3n) is 0.498. The Morgan fingerprint density at radius 3 is 2.00 bits per heavy atom. The maximum absolute atomic E-state index is 11.2. The number of hydrazine groups is 1. The predicted octanol–water partition coefficient (Wildman–Crippen LogP) is 0.481. The summed E-state index contributed by atoms with van der Waals surface area (Å²) in [5, 5.41) is 13.6. The molecule has 0 heterocycles. The Balaban J connectivity index is 4.42. The third kappa shape index (κ3) is 1.77. The number of halogens is 3. The van der Waals surface area contributed by atoms with Crippen LogP contribution in [0.5, 0.6) is 0 Å². The highest BCUT2D eigenvalue weighted by molar-refractivity contribution is 4.65. The number of hydrogen-bond acceptors (Lipinski definition) is 3. The number of nitro groups is 1. The van der Waals surface area contributed by atoms with E-state index in [-0.39, 0.29) is 0 Å². The van der Waals surface area contributed by atoms with Gasteiger partial charge in [-0.3, -0.25) is 0 Å². The van der Waals surface area contributed by atoms with Crippen molar-refractivity contribution in [2.75, 3.05) is 0 Å². The van der Waals surface area contributed by atoms with Crippen LogP contribution in [-0.2, 0) is 0 Å². The summed E-state index contributed by atoms with van der Waals surface area (Å²) in [6.45, 7) is 0. The van der Waals surface area contributed by atoms with Gasteiger partial charge in [-0.1, -0.05) is 0 Å². The normalized spacial score (nSPS) is 10.2. The molecule has 5 nitrogen and oxygen atoms in total. The molecule has 0 rings (SSSR count). The summed E-state index contributed by atoms with van der Waals surface area (Å²) in [6, 6.07) is 0. The summed E-state index contributed by atoms with van der Waals surface area (Å²) in [4.78, 5) is 9.37. The Kier molecular flexibility index (Phi) is 2.02. The molecule has 0 aromatic heterocycles. The average Bonchev–Trinajstić information content (AvgIpc) is 1.60. The monoisotopic (exact) mass is 155 g/mol. The average molecular weight is 155 g/mol. The van der Waals surface area contributed by atoms with E-state index in [1.165, 1.54) is 0 Å². The lowest BCUT2D eigenvalue weighted by atomic mass is 11.0. The van der Waals surface area contributed by atoms with Crippen LogP contribution in [0.3, 0.4) is 0 Å². The predicted molar refractivity (Wildman–Crippen MR) is 20.5 cm³/mol. The Bertz CT molecular complexity index is 181. The summed E-state index contributed by atoms with van der Waals surface area (Å²) >= 11 is 0. The second-order valence-electron chi connectivity index (χ2n) is 1.12. The van der Waals surface area contributed by atoms with Gasteiger partial charge in [-0.2, -0.15) is 5.26 Å². The summed E-state index contributed by atoms with van der Waals surface area (Å²) in [5.74, 6) is 0. The van der Waals surface area contributed by atoms with Gasteiger partial charge in [0.05, 0.1) is 5.01 Å². The number of nitriles is 1. The molecule has 0 aromatic rings. The first kappa shape index (κ1) is 8.48. The van der Waals surface area contributed by atoms with E-state index in [9.17, 15) is 23.3 Å². The zero-order valence-electron chi connectivity index (χ0n) is 4.29. The van der Waals surface area contributed by atoms with Gasteiger partial charge in [0.2, 0.25) is 0 Å². The summed E-state index contributed by atoms with van der Waals surface area (Å²) < 4.78 is 33.7. The van der Waals surface area contributed by atoms with Crippen molar-refractivity contribution in [3.8, 4) is 6.19 Å². The smallest absolute Gasteiger partial charge is 0.233 e. The summed E-state index contributed by atoms with van der Waals surface area (Å²) in [6.07, 6.45) is -4.89. The zero-order valence-corrected chi connectivity index (χ0v) is 4.29. The molecule has 8 heteroatoms. The van der Waals surface area contributed by atoms with Crippen LogP contribution >= 0.6 is 0 Å². The van der Waals surface area contributed by atoms with Crippen LogP contribution in [0.4, 0.5) is 13.2 Å². The topological polar surface area (TPSA) is 70.2 Å². The molecule has 10 heavy (non-hydrogen) atoms. The van der Waals surface area contributed by atoms with Gasteiger partial charge in [0.1, 0.15) is 0 Å². The minimum Gasteiger partial charge on any atom is -0.233 e. The van der Waals surface area contributed by atoms with Crippen molar-refractivity contribution in [2.24, 2.45) is 0 Å². The first-order valence-electron chi connectivity index (χ1n) is 1.80. The number of nitrogens with zero attached hydrogens (tertiary/aromatic N) is 3. The highest BCUT2D eigenvalue weighted by Gasteiger charge is 2.46. The summed E-state index contributed by atoms with van der Waals surface area (Å²) in [7, 11) is 0. The standard InChI is InChI=1S/C2F3N3O2/c3-2(4,5)7(1-6)8(9)10. The fourth-order valence-electron chi connectivity index (χ4n) is 0.186. The molecule has 0 saturated heterocycles. The Labute approximate surface area is 52.4 Å². The number of alkyl halides is 3. The van der Waals surface area contributed by atoms with E-state index in [4.69, 9.17) is 5.26 Å². The molecule has 0 aliphatic carbocycles. The molecule has 0 unspecified atom stereocenters. The van der Waals surface area contributed by atoms with Crippen molar-refractivity contribution >= 4 is 0 Å². The van der Waals surface area contributed by atoms with Gasteiger partial charge < -0.3 is 0 Å². The molecule has 0 bridgehead atoms. The van der Waals surface area contributed by atoms with E-state index in [0.717, 1.165) is 0 Å².